The minimum atomic E-state index is -0.783. The molecule has 4 rings (SSSR count). The molecule has 3 aromatic carbocycles. The molecule has 0 N–H and O–H groups in total. The second-order valence-corrected chi connectivity index (χ2v) is 9.81. The van der Waals surface area contributed by atoms with E-state index in [0.29, 0.717) is 17.0 Å². The zero-order valence-corrected chi connectivity index (χ0v) is 20.8. The summed E-state index contributed by atoms with van der Waals surface area (Å²) in [6, 6.07) is 15.7. The molecule has 1 saturated carbocycles. The smallest absolute Gasteiger partial charge is 0.166 e. The van der Waals surface area contributed by atoms with E-state index in [1.807, 2.05) is 6.07 Å². The lowest BCUT2D eigenvalue weighted by Gasteiger charge is -2.28. The summed E-state index contributed by atoms with van der Waals surface area (Å²) < 4.78 is 50.0. The first kappa shape index (κ1) is 25.3. The molecule has 0 heterocycles. The molecule has 35 heavy (non-hydrogen) atoms. The number of hydrogen-bond acceptors (Lipinski definition) is 1. The minimum absolute atomic E-state index is 0.0991. The van der Waals surface area contributed by atoms with Crippen LogP contribution in [0.15, 0.2) is 54.6 Å². The van der Waals surface area contributed by atoms with Gasteiger partial charge in [-0.3, -0.25) is 0 Å². The van der Waals surface area contributed by atoms with Crippen molar-refractivity contribution in [3.8, 4) is 16.9 Å². The van der Waals surface area contributed by atoms with Crippen LogP contribution in [0.1, 0.15) is 81.4 Å². The van der Waals surface area contributed by atoms with E-state index in [-0.39, 0.29) is 29.7 Å². The Morgan fingerprint density at radius 1 is 0.800 bits per heavy atom. The summed E-state index contributed by atoms with van der Waals surface area (Å²) in [7, 11) is 0. The summed E-state index contributed by atoms with van der Waals surface area (Å²) in [4.78, 5) is 0. The molecule has 0 aliphatic heterocycles. The highest BCUT2D eigenvalue weighted by molar-refractivity contribution is 5.65. The van der Waals surface area contributed by atoms with Crippen molar-refractivity contribution in [3.05, 3.63) is 88.7 Å². The maximum Gasteiger partial charge on any atom is 0.166 e. The minimum Gasteiger partial charge on any atom is -0.486 e. The quantitative estimate of drug-likeness (QED) is 0.296. The van der Waals surface area contributed by atoms with Crippen LogP contribution < -0.4 is 4.74 Å². The Kier molecular flexibility index (Phi) is 8.54. The Morgan fingerprint density at radius 2 is 1.51 bits per heavy atom. The van der Waals surface area contributed by atoms with Crippen molar-refractivity contribution in [3.63, 3.8) is 0 Å². The van der Waals surface area contributed by atoms with Crippen LogP contribution in [0.4, 0.5) is 13.2 Å². The SMILES string of the molecule is CCCCc1ccc(OCc2ccc(-c3ccc(C4CCC(CC)CC4)c(F)c3F)cc2)c(F)c1. The number of hydrogen-bond donors (Lipinski definition) is 0. The summed E-state index contributed by atoms with van der Waals surface area (Å²) in [5, 5.41) is 0. The lowest BCUT2D eigenvalue weighted by molar-refractivity contribution is 0.290. The van der Waals surface area contributed by atoms with E-state index in [1.54, 1.807) is 42.5 Å². The number of ether oxygens (including phenoxy) is 1. The fourth-order valence-corrected chi connectivity index (χ4v) is 5.12. The van der Waals surface area contributed by atoms with Crippen LogP contribution in [0.2, 0.25) is 0 Å². The molecule has 0 saturated heterocycles. The number of unbranched alkanes of at least 4 members (excludes halogenated alkanes) is 1. The van der Waals surface area contributed by atoms with E-state index in [0.717, 1.165) is 62.5 Å². The van der Waals surface area contributed by atoms with Gasteiger partial charge in [-0.25, -0.2) is 13.2 Å². The van der Waals surface area contributed by atoms with Gasteiger partial charge in [0, 0.05) is 5.56 Å². The van der Waals surface area contributed by atoms with Crippen molar-refractivity contribution >= 4 is 0 Å². The fourth-order valence-electron chi connectivity index (χ4n) is 5.12. The number of aryl methyl sites for hydroxylation is 1. The van der Waals surface area contributed by atoms with Gasteiger partial charge in [-0.2, -0.15) is 0 Å². The lowest BCUT2D eigenvalue weighted by atomic mass is 9.77. The number of rotatable bonds is 9. The first-order valence-corrected chi connectivity index (χ1v) is 13.0. The molecule has 0 radical (unpaired) electrons. The predicted octanol–water partition coefficient (Wildman–Crippen LogP) is 9.38. The van der Waals surface area contributed by atoms with Crippen molar-refractivity contribution in [1.29, 1.82) is 0 Å². The van der Waals surface area contributed by atoms with Crippen LogP contribution in [-0.4, -0.2) is 0 Å². The number of halogens is 3. The molecule has 3 aromatic rings. The standard InChI is InChI=1S/C31H35F3O/c1-3-5-6-22-11-18-29(28(32)19-22)35-20-23-9-14-25(15-10-23)27-17-16-26(30(33)31(27)34)24-12-7-21(4-2)8-13-24/h9-11,14-19,21,24H,3-8,12-13,20H2,1-2H3. The predicted molar refractivity (Wildman–Crippen MR) is 136 cm³/mol. The van der Waals surface area contributed by atoms with Crippen LogP contribution in [0.3, 0.4) is 0 Å². The largest absolute Gasteiger partial charge is 0.486 e. The van der Waals surface area contributed by atoms with Crippen LogP contribution >= 0.6 is 0 Å². The van der Waals surface area contributed by atoms with Gasteiger partial charge in [0.05, 0.1) is 0 Å². The monoisotopic (exact) mass is 480 g/mol. The van der Waals surface area contributed by atoms with Gasteiger partial charge in [0.2, 0.25) is 0 Å². The maximum absolute atomic E-state index is 15.0. The zero-order valence-electron chi connectivity index (χ0n) is 20.8. The molecule has 0 spiro atoms. The normalized spacial score (nSPS) is 18.0. The summed E-state index contributed by atoms with van der Waals surface area (Å²) in [6.07, 6.45) is 8.11. The van der Waals surface area contributed by atoms with Gasteiger partial charge in [0.25, 0.3) is 0 Å². The van der Waals surface area contributed by atoms with Crippen molar-refractivity contribution in [2.24, 2.45) is 5.92 Å². The van der Waals surface area contributed by atoms with E-state index in [9.17, 15) is 4.39 Å². The fraction of sp³-hybridized carbons (Fsp3) is 0.419. The highest BCUT2D eigenvalue weighted by Crippen LogP contribution is 2.39. The Bertz CT molecular complexity index is 1110. The summed E-state index contributed by atoms with van der Waals surface area (Å²) in [5.74, 6) is -0.839. The van der Waals surface area contributed by atoms with Crippen LogP contribution in [0.5, 0.6) is 5.75 Å². The van der Waals surface area contributed by atoms with Gasteiger partial charge in [-0.05, 0) is 84.7 Å². The molecule has 0 unspecified atom stereocenters. The third kappa shape index (κ3) is 6.09. The Labute approximate surface area is 207 Å². The van der Waals surface area contributed by atoms with E-state index >= 15 is 8.78 Å². The third-order valence-electron chi connectivity index (χ3n) is 7.45. The Hall–Kier alpha value is -2.75. The average molecular weight is 481 g/mol. The summed E-state index contributed by atoms with van der Waals surface area (Å²) in [6.45, 7) is 4.50. The van der Waals surface area contributed by atoms with Gasteiger partial charge in [0.15, 0.2) is 23.2 Å². The molecule has 0 atom stereocenters. The molecule has 4 heteroatoms. The van der Waals surface area contributed by atoms with Crippen molar-refractivity contribution in [2.45, 2.75) is 77.7 Å². The lowest BCUT2D eigenvalue weighted by Crippen LogP contribution is -2.14. The topological polar surface area (TPSA) is 9.23 Å². The summed E-state index contributed by atoms with van der Waals surface area (Å²) >= 11 is 0. The van der Waals surface area contributed by atoms with Crippen molar-refractivity contribution in [1.82, 2.24) is 0 Å². The van der Waals surface area contributed by atoms with Crippen molar-refractivity contribution < 1.29 is 17.9 Å². The van der Waals surface area contributed by atoms with E-state index in [4.69, 9.17) is 4.74 Å². The van der Waals surface area contributed by atoms with Gasteiger partial charge < -0.3 is 4.74 Å². The molecular weight excluding hydrogens is 445 g/mol. The first-order chi connectivity index (χ1) is 17.0. The van der Waals surface area contributed by atoms with E-state index < -0.39 is 11.6 Å². The molecule has 1 nitrogen and oxygen atoms in total. The molecular formula is C31H35F3O. The highest BCUT2D eigenvalue weighted by Gasteiger charge is 2.26. The molecule has 1 aliphatic rings. The van der Waals surface area contributed by atoms with Crippen LogP contribution in [0.25, 0.3) is 11.1 Å². The Morgan fingerprint density at radius 3 is 2.17 bits per heavy atom. The van der Waals surface area contributed by atoms with Gasteiger partial charge in [-0.1, -0.05) is 69.2 Å². The molecule has 186 valence electrons. The maximum atomic E-state index is 15.0. The van der Waals surface area contributed by atoms with Gasteiger partial charge in [-0.15, -0.1) is 0 Å². The second-order valence-electron chi connectivity index (χ2n) is 9.81. The molecule has 0 aromatic heterocycles. The van der Waals surface area contributed by atoms with Crippen molar-refractivity contribution in [2.75, 3.05) is 0 Å². The summed E-state index contributed by atoms with van der Waals surface area (Å²) in [5.41, 5.74) is 3.17. The highest BCUT2D eigenvalue weighted by atomic mass is 19.2. The van der Waals surface area contributed by atoms with Gasteiger partial charge in [0.1, 0.15) is 6.61 Å². The van der Waals surface area contributed by atoms with Crippen LogP contribution in [0, 0.1) is 23.4 Å². The molecule has 0 bridgehead atoms. The molecule has 1 aliphatic carbocycles. The third-order valence-corrected chi connectivity index (χ3v) is 7.45. The average Bonchev–Trinajstić information content (AvgIpc) is 2.89. The Balaban J connectivity index is 1.41. The molecule has 0 amide bonds. The van der Waals surface area contributed by atoms with E-state index in [2.05, 4.69) is 13.8 Å². The van der Waals surface area contributed by atoms with Gasteiger partial charge >= 0.3 is 0 Å². The number of benzene rings is 3. The van der Waals surface area contributed by atoms with E-state index in [1.165, 1.54) is 6.07 Å². The molecule has 1 fully saturated rings. The zero-order chi connectivity index (χ0) is 24.8. The van der Waals surface area contributed by atoms with Crippen LogP contribution in [-0.2, 0) is 13.0 Å². The first-order valence-electron chi connectivity index (χ1n) is 13.0. The second kappa shape index (κ2) is 11.8.